The van der Waals surface area contributed by atoms with Gasteiger partial charge in [-0.05, 0) is 20.4 Å². The molecule has 0 aliphatic carbocycles. The molecule has 0 fully saturated rings. The predicted molar refractivity (Wildman–Crippen MR) is 51.1 cm³/mol. The Morgan fingerprint density at radius 1 is 1.50 bits per heavy atom. The highest BCUT2D eigenvalue weighted by Gasteiger charge is 2.10. The van der Waals surface area contributed by atoms with Crippen LogP contribution >= 0.6 is 0 Å². The zero-order chi connectivity index (χ0) is 9.56. The lowest BCUT2D eigenvalue weighted by molar-refractivity contribution is -0.131. The summed E-state index contributed by atoms with van der Waals surface area (Å²) in [6.07, 6.45) is 0.600. The Labute approximate surface area is 75.1 Å². The molecule has 3 nitrogen and oxygen atoms in total. The molecule has 0 aromatic rings. The minimum absolute atomic E-state index is 0.214. The van der Waals surface area contributed by atoms with Crippen molar-refractivity contribution in [1.82, 2.24) is 10.2 Å². The molecule has 1 amide bonds. The van der Waals surface area contributed by atoms with Crippen molar-refractivity contribution in [2.24, 2.45) is 0 Å². The van der Waals surface area contributed by atoms with E-state index < -0.39 is 0 Å². The van der Waals surface area contributed by atoms with Crippen molar-refractivity contribution >= 4 is 5.91 Å². The number of rotatable bonds is 5. The lowest BCUT2D eigenvalue weighted by atomic mass is 10.3. The Morgan fingerprint density at radius 2 is 2.08 bits per heavy atom. The molecule has 0 saturated heterocycles. The van der Waals surface area contributed by atoms with E-state index in [2.05, 4.69) is 5.32 Å². The molecule has 0 spiro atoms. The van der Waals surface area contributed by atoms with Gasteiger partial charge >= 0.3 is 0 Å². The third-order valence-electron chi connectivity index (χ3n) is 1.93. The number of hydrogen-bond donors (Lipinski definition) is 1. The van der Waals surface area contributed by atoms with Crippen molar-refractivity contribution in [3.05, 3.63) is 0 Å². The molecule has 72 valence electrons. The average Bonchev–Trinajstić information content (AvgIpc) is 2.03. The van der Waals surface area contributed by atoms with Crippen molar-refractivity contribution in [3.8, 4) is 0 Å². The molecule has 0 radical (unpaired) electrons. The summed E-state index contributed by atoms with van der Waals surface area (Å²) in [5.74, 6) is 0.214. The van der Waals surface area contributed by atoms with Crippen molar-refractivity contribution in [2.75, 3.05) is 20.1 Å². The van der Waals surface area contributed by atoms with E-state index in [4.69, 9.17) is 0 Å². The summed E-state index contributed by atoms with van der Waals surface area (Å²) in [6, 6.07) is 0.305. The molecule has 0 atom stereocenters. The fourth-order valence-corrected chi connectivity index (χ4v) is 0.836. The summed E-state index contributed by atoms with van der Waals surface area (Å²) in [5.41, 5.74) is 0. The second-order valence-corrected chi connectivity index (χ2v) is 3.20. The summed E-state index contributed by atoms with van der Waals surface area (Å²) in [5, 5.41) is 3.13. The van der Waals surface area contributed by atoms with Gasteiger partial charge in [0, 0.05) is 26.1 Å². The predicted octanol–water partition coefficient (Wildman–Crippen LogP) is 0.853. The topological polar surface area (TPSA) is 32.3 Å². The third-order valence-corrected chi connectivity index (χ3v) is 1.93. The largest absolute Gasteiger partial charge is 0.343 e. The Morgan fingerprint density at radius 3 is 2.50 bits per heavy atom. The van der Waals surface area contributed by atoms with Crippen molar-refractivity contribution in [1.29, 1.82) is 0 Å². The molecule has 1 N–H and O–H groups in total. The summed E-state index contributed by atoms with van der Waals surface area (Å²) < 4.78 is 0. The van der Waals surface area contributed by atoms with Crippen LogP contribution in [0.3, 0.4) is 0 Å². The van der Waals surface area contributed by atoms with Gasteiger partial charge in [0.1, 0.15) is 0 Å². The first-order valence-corrected chi connectivity index (χ1v) is 4.56. The summed E-state index contributed by atoms with van der Waals surface area (Å²) in [6.45, 7) is 7.79. The van der Waals surface area contributed by atoms with Gasteiger partial charge < -0.3 is 10.2 Å². The Hall–Kier alpha value is -0.570. The van der Waals surface area contributed by atoms with Gasteiger partial charge in [0.15, 0.2) is 0 Å². The van der Waals surface area contributed by atoms with Gasteiger partial charge in [-0.3, -0.25) is 4.79 Å². The van der Waals surface area contributed by atoms with E-state index in [0.717, 1.165) is 13.1 Å². The maximum Gasteiger partial charge on any atom is 0.223 e. The summed E-state index contributed by atoms with van der Waals surface area (Å²) in [4.78, 5) is 13.1. The van der Waals surface area contributed by atoms with Gasteiger partial charge in [0.05, 0.1) is 0 Å². The van der Waals surface area contributed by atoms with E-state index in [-0.39, 0.29) is 5.91 Å². The molecule has 12 heavy (non-hydrogen) atoms. The zero-order valence-corrected chi connectivity index (χ0v) is 8.55. The van der Waals surface area contributed by atoms with E-state index in [1.807, 2.05) is 27.8 Å². The zero-order valence-electron chi connectivity index (χ0n) is 8.55. The molecule has 0 heterocycles. The normalized spacial score (nSPS) is 10.4. The lowest BCUT2D eigenvalue weighted by Crippen LogP contribution is -2.34. The highest BCUT2D eigenvalue weighted by atomic mass is 16.2. The second-order valence-electron chi connectivity index (χ2n) is 3.20. The molecule has 0 bridgehead atoms. The van der Waals surface area contributed by atoms with Crippen LogP contribution in [0.4, 0.5) is 0 Å². The van der Waals surface area contributed by atoms with Crippen LogP contribution in [0, 0.1) is 0 Å². The van der Waals surface area contributed by atoms with E-state index in [1.165, 1.54) is 0 Å². The molecule has 0 aromatic heterocycles. The van der Waals surface area contributed by atoms with Crippen LogP contribution in [0.1, 0.15) is 27.2 Å². The van der Waals surface area contributed by atoms with Crippen LogP contribution in [0.2, 0.25) is 0 Å². The molecular weight excluding hydrogens is 152 g/mol. The van der Waals surface area contributed by atoms with Gasteiger partial charge in [-0.1, -0.05) is 6.92 Å². The number of nitrogens with zero attached hydrogens (tertiary/aromatic N) is 1. The standard InChI is InChI=1S/C9H20N2O/c1-5-10-7-6-9(12)11(4)8(2)3/h8,10H,5-7H2,1-4H3. The fraction of sp³-hybridized carbons (Fsp3) is 0.889. The Bertz CT molecular complexity index is 134. The smallest absolute Gasteiger partial charge is 0.223 e. The van der Waals surface area contributed by atoms with Crippen LogP contribution in [-0.2, 0) is 4.79 Å². The number of amides is 1. The maximum absolute atomic E-state index is 11.3. The number of hydrogen-bond acceptors (Lipinski definition) is 2. The average molecular weight is 172 g/mol. The van der Waals surface area contributed by atoms with E-state index in [9.17, 15) is 4.79 Å². The Balaban J connectivity index is 3.57. The number of carbonyl (C=O) groups excluding carboxylic acids is 1. The summed E-state index contributed by atoms with van der Waals surface area (Å²) in [7, 11) is 1.85. The molecule has 0 saturated carbocycles. The Kier molecular flexibility index (Phi) is 5.72. The molecule has 0 aliphatic heterocycles. The first kappa shape index (κ1) is 11.4. The van der Waals surface area contributed by atoms with E-state index >= 15 is 0 Å². The highest BCUT2D eigenvalue weighted by molar-refractivity contribution is 5.76. The summed E-state index contributed by atoms with van der Waals surface area (Å²) >= 11 is 0. The van der Waals surface area contributed by atoms with E-state index in [0.29, 0.717) is 12.5 Å². The molecule has 0 rings (SSSR count). The van der Waals surface area contributed by atoms with Gasteiger partial charge in [0.2, 0.25) is 5.91 Å². The van der Waals surface area contributed by atoms with E-state index in [1.54, 1.807) is 4.90 Å². The minimum Gasteiger partial charge on any atom is -0.343 e. The van der Waals surface area contributed by atoms with Gasteiger partial charge in [-0.15, -0.1) is 0 Å². The van der Waals surface area contributed by atoms with Crippen LogP contribution in [0.5, 0.6) is 0 Å². The first-order chi connectivity index (χ1) is 5.59. The highest BCUT2D eigenvalue weighted by Crippen LogP contribution is 1.96. The fourth-order valence-electron chi connectivity index (χ4n) is 0.836. The van der Waals surface area contributed by atoms with Gasteiger partial charge in [-0.25, -0.2) is 0 Å². The first-order valence-electron chi connectivity index (χ1n) is 4.56. The lowest BCUT2D eigenvalue weighted by Gasteiger charge is -2.21. The van der Waals surface area contributed by atoms with Crippen LogP contribution in [-0.4, -0.2) is 37.0 Å². The second kappa shape index (κ2) is 6.00. The molecule has 3 heteroatoms. The van der Waals surface area contributed by atoms with Crippen LogP contribution < -0.4 is 5.32 Å². The monoisotopic (exact) mass is 172 g/mol. The number of carbonyl (C=O) groups is 1. The van der Waals surface area contributed by atoms with Gasteiger partial charge in [-0.2, -0.15) is 0 Å². The third kappa shape index (κ3) is 4.34. The molecule has 0 aromatic carbocycles. The van der Waals surface area contributed by atoms with Gasteiger partial charge in [0.25, 0.3) is 0 Å². The quantitative estimate of drug-likeness (QED) is 0.624. The van der Waals surface area contributed by atoms with Crippen molar-refractivity contribution < 1.29 is 4.79 Å². The number of nitrogens with one attached hydrogen (secondary N) is 1. The molecule has 0 aliphatic rings. The molecular formula is C9H20N2O. The molecule has 0 unspecified atom stereocenters. The van der Waals surface area contributed by atoms with Crippen LogP contribution in [0.15, 0.2) is 0 Å². The van der Waals surface area contributed by atoms with Crippen molar-refractivity contribution in [2.45, 2.75) is 33.2 Å². The SMILES string of the molecule is CCNCCC(=O)N(C)C(C)C. The maximum atomic E-state index is 11.3. The van der Waals surface area contributed by atoms with Crippen molar-refractivity contribution in [3.63, 3.8) is 0 Å². The minimum atomic E-state index is 0.214. The van der Waals surface area contributed by atoms with Crippen LogP contribution in [0.25, 0.3) is 0 Å².